The summed E-state index contributed by atoms with van der Waals surface area (Å²) in [4.78, 5) is 0. The number of hydrogen-bond acceptors (Lipinski definition) is 3. The van der Waals surface area contributed by atoms with Crippen molar-refractivity contribution in [2.24, 2.45) is 0 Å². The van der Waals surface area contributed by atoms with Crippen LogP contribution in [0.5, 0.6) is 11.5 Å². The number of rotatable bonds is 7. The Labute approximate surface area is 113 Å². The third kappa shape index (κ3) is 4.07. The molecule has 1 aromatic carbocycles. The van der Waals surface area contributed by atoms with Crippen molar-refractivity contribution in [1.29, 1.82) is 0 Å². The van der Waals surface area contributed by atoms with E-state index in [9.17, 15) is 0 Å². The molecule has 0 unspecified atom stereocenters. The van der Waals surface area contributed by atoms with Crippen LogP contribution in [0.3, 0.4) is 0 Å². The van der Waals surface area contributed by atoms with Crippen molar-refractivity contribution in [3.05, 3.63) is 23.8 Å². The summed E-state index contributed by atoms with van der Waals surface area (Å²) in [6.07, 6.45) is 3.26. The summed E-state index contributed by atoms with van der Waals surface area (Å²) >= 11 is 5.61. The Morgan fingerprint density at radius 3 is 2.72 bits per heavy atom. The summed E-state index contributed by atoms with van der Waals surface area (Å²) in [7, 11) is 0. The summed E-state index contributed by atoms with van der Waals surface area (Å²) in [6.45, 7) is 2.65. The number of alkyl halides is 1. The number of hydrogen-bond donors (Lipinski definition) is 0. The van der Waals surface area contributed by atoms with E-state index in [1.807, 2.05) is 18.2 Å². The van der Waals surface area contributed by atoms with Crippen LogP contribution in [0.15, 0.2) is 18.2 Å². The van der Waals surface area contributed by atoms with Crippen molar-refractivity contribution in [3.63, 3.8) is 0 Å². The first kappa shape index (κ1) is 13.5. The minimum absolute atomic E-state index is 0.621. The molecule has 0 aliphatic carbocycles. The molecule has 4 heteroatoms. The molecule has 1 aromatic rings. The molecule has 0 bridgehead atoms. The molecule has 1 aliphatic rings. The second kappa shape index (κ2) is 7.49. The van der Waals surface area contributed by atoms with Gasteiger partial charge in [-0.2, -0.15) is 0 Å². The Kier molecular flexibility index (Phi) is 5.62. The Balaban J connectivity index is 1.72. The average Bonchev–Trinajstić information content (AvgIpc) is 2.42. The summed E-state index contributed by atoms with van der Waals surface area (Å²) in [5.41, 5.74) is 1.12. The first-order chi connectivity index (χ1) is 8.90. The van der Waals surface area contributed by atoms with Crippen molar-refractivity contribution >= 4 is 11.6 Å². The van der Waals surface area contributed by atoms with Crippen LogP contribution in [0.1, 0.15) is 24.8 Å². The van der Waals surface area contributed by atoms with Gasteiger partial charge in [-0.1, -0.05) is 6.07 Å². The zero-order chi connectivity index (χ0) is 12.6. The maximum Gasteiger partial charge on any atom is 0.161 e. The van der Waals surface area contributed by atoms with Gasteiger partial charge in [-0.05, 0) is 37.0 Å². The molecule has 0 radical (unpaired) electrons. The molecule has 1 heterocycles. The van der Waals surface area contributed by atoms with E-state index >= 15 is 0 Å². The van der Waals surface area contributed by atoms with E-state index in [0.717, 1.165) is 48.8 Å². The Morgan fingerprint density at radius 2 is 1.89 bits per heavy atom. The third-order valence-electron chi connectivity index (χ3n) is 2.80. The molecular weight excluding hydrogens is 252 g/mol. The number of benzene rings is 1. The lowest BCUT2D eigenvalue weighted by Gasteiger charge is -2.18. The van der Waals surface area contributed by atoms with Crippen LogP contribution in [-0.2, 0) is 11.3 Å². The number of fused-ring (bicyclic) bond motifs is 1. The topological polar surface area (TPSA) is 27.7 Å². The summed E-state index contributed by atoms with van der Waals surface area (Å²) in [5.74, 6) is 2.39. The molecule has 18 heavy (non-hydrogen) atoms. The molecule has 0 aromatic heterocycles. The predicted octanol–water partition coefficient (Wildman–Crippen LogP) is 3.38. The SMILES string of the molecule is ClCCCCCOCc1ccc2c(c1)OCCO2. The Bertz CT molecular complexity index is 368. The lowest BCUT2D eigenvalue weighted by atomic mass is 10.2. The van der Waals surface area contributed by atoms with E-state index < -0.39 is 0 Å². The maximum atomic E-state index is 5.62. The molecule has 0 saturated heterocycles. The van der Waals surface area contributed by atoms with Gasteiger partial charge in [0.15, 0.2) is 11.5 Å². The van der Waals surface area contributed by atoms with Crippen LogP contribution in [0.4, 0.5) is 0 Å². The highest BCUT2D eigenvalue weighted by atomic mass is 35.5. The Morgan fingerprint density at radius 1 is 1.06 bits per heavy atom. The van der Waals surface area contributed by atoms with Crippen LogP contribution >= 0.6 is 11.6 Å². The van der Waals surface area contributed by atoms with Gasteiger partial charge >= 0.3 is 0 Å². The van der Waals surface area contributed by atoms with Crippen LogP contribution in [0.25, 0.3) is 0 Å². The van der Waals surface area contributed by atoms with Crippen LogP contribution < -0.4 is 9.47 Å². The standard InChI is InChI=1S/C14H19ClO3/c15-6-2-1-3-7-16-11-12-4-5-13-14(10-12)18-9-8-17-13/h4-5,10H,1-3,6-9,11H2. The molecule has 1 aliphatic heterocycles. The van der Waals surface area contributed by atoms with Gasteiger partial charge < -0.3 is 14.2 Å². The van der Waals surface area contributed by atoms with Crippen molar-refractivity contribution in [3.8, 4) is 11.5 Å². The largest absolute Gasteiger partial charge is 0.486 e. The fraction of sp³-hybridized carbons (Fsp3) is 0.571. The lowest BCUT2D eigenvalue weighted by molar-refractivity contribution is 0.116. The van der Waals surface area contributed by atoms with Crippen molar-refractivity contribution in [1.82, 2.24) is 0 Å². The van der Waals surface area contributed by atoms with Crippen LogP contribution in [-0.4, -0.2) is 25.7 Å². The summed E-state index contributed by atoms with van der Waals surface area (Å²) < 4.78 is 16.6. The molecule has 2 rings (SSSR count). The van der Waals surface area contributed by atoms with Crippen LogP contribution in [0.2, 0.25) is 0 Å². The van der Waals surface area contributed by atoms with E-state index in [1.165, 1.54) is 0 Å². The second-order valence-corrected chi connectivity index (χ2v) is 4.66. The number of unbranched alkanes of at least 4 members (excludes halogenated alkanes) is 2. The fourth-order valence-electron chi connectivity index (χ4n) is 1.84. The minimum Gasteiger partial charge on any atom is -0.486 e. The van der Waals surface area contributed by atoms with Crippen molar-refractivity contribution in [2.45, 2.75) is 25.9 Å². The quantitative estimate of drug-likeness (QED) is 0.562. The molecule has 0 spiro atoms. The molecule has 3 nitrogen and oxygen atoms in total. The highest BCUT2D eigenvalue weighted by Crippen LogP contribution is 2.30. The minimum atomic E-state index is 0.621. The van der Waals surface area contributed by atoms with E-state index in [2.05, 4.69) is 0 Å². The number of ether oxygens (including phenoxy) is 3. The molecule has 0 atom stereocenters. The van der Waals surface area contributed by atoms with E-state index in [1.54, 1.807) is 0 Å². The zero-order valence-electron chi connectivity index (χ0n) is 10.5. The zero-order valence-corrected chi connectivity index (χ0v) is 11.2. The van der Waals surface area contributed by atoms with Gasteiger partial charge in [0.1, 0.15) is 13.2 Å². The number of halogens is 1. The third-order valence-corrected chi connectivity index (χ3v) is 3.06. The molecule has 100 valence electrons. The van der Waals surface area contributed by atoms with Crippen molar-refractivity contribution < 1.29 is 14.2 Å². The highest BCUT2D eigenvalue weighted by Gasteiger charge is 2.11. The highest BCUT2D eigenvalue weighted by molar-refractivity contribution is 6.17. The molecule has 0 amide bonds. The normalized spacial score (nSPS) is 13.6. The van der Waals surface area contributed by atoms with Gasteiger partial charge in [0, 0.05) is 12.5 Å². The molecule has 0 saturated carbocycles. The fourth-order valence-corrected chi connectivity index (χ4v) is 2.03. The van der Waals surface area contributed by atoms with Crippen LogP contribution in [0, 0.1) is 0 Å². The summed E-state index contributed by atoms with van der Waals surface area (Å²) in [5, 5.41) is 0. The van der Waals surface area contributed by atoms with Gasteiger partial charge in [-0.3, -0.25) is 0 Å². The van der Waals surface area contributed by atoms with E-state index in [4.69, 9.17) is 25.8 Å². The van der Waals surface area contributed by atoms with E-state index in [0.29, 0.717) is 19.8 Å². The monoisotopic (exact) mass is 270 g/mol. The van der Waals surface area contributed by atoms with Gasteiger partial charge in [0.2, 0.25) is 0 Å². The molecular formula is C14H19ClO3. The smallest absolute Gasteiger partial charge is 0.161 e. The second-order valence-electron chi connectivity index (χ2n) is 4.28. The first-order valence-corrected chi connectivity index (χ1v) is 6.96. The van der Waals surface area contributed by atoms with Gasteiger partial charge in [0.25, 0.3) is 0 Å². The maximum absolute atomic E-state index is 5.62. The predicted molar refractivity (Wildman–Crippen MR) is 71.7 cm³/mol. The molecule has 0 N–H and O–H groups in total. The van der Waals surface area contributed by atoms with Gasteiger partial charge in [-0.15, -0.1) is 11.6 Å². The molecule has 0 fully saturated rings. The lowest BCUT2D eigenvalue weighted by Crippen LogP contribution is -2.15. The van der Waals surface area contributed by atoms with E-state index in [-0.39, 0.29) is 0 Å². The average molecular weight is 271 g/mol. The first-order valence-electron chi connectivity index (χ1n) is 6.42. The Hall–Kier alpha value is -0.930. The van der Waals surface area contributed by atoms with Gasteiger partial charge in [0.05, 0.1) is 6.61 Å². The van der Waals surface area contributed by atoms with Gasteiger partial charge in [-0.25, -0.2) is 0 Å². The van der Waals surface area contributed by atoms with Crippen molar-refractivity contribution in [2.75, 3.05) is 25.7 Å². The summed E-state index contributed by atoms with van der Waals surface area (Å²) in [6, 6.07) is 5.96.